The first-order valence-electron chi connectivity index (χ1n) is 9.63. The Morgan fingerprint density at radius 1 is 0.879 bits per heavy atom. The minimum Gasteiger partial charge on any atom is -0.298 e. The summed E-state index contributed by atoms with van der Waals surface area (Å²) in [4.78, 5) is 17.2. The van der Waals surface area contributed by atoms with Crippen LogP contribution in [0.2, 0.25) is 0 Å². The van der Waals surface area contributed by atoms with Gasteiger partial charge in [0.15, 0.2) is 15.0 Å². The number of sulfone groups is 1. The van der Waals surface area contributed by atoms with Gasteiger partial charge in [-0.2, -0.15) is 0 Å². The van der Waals surface area contributed by atoms with Crippen LogP contribution in [0.25, 0.3) is 10.2 Å². The van der Waals surface area contributed by atoms with Crippen molar-refractivity contribution >= 4 is 58.1 Å². The van der Waals surface area contributed by atoms with Gasteiger partial charge in [-0.3, -0.25) is 14.8 Å². The summed E-state index contributed by atoms with van der Waals surface area (Å²) in [6.45, 7) is 1.87. The predicted octanol–water partition coefficient (Wildman–Crippen LogP) is 4.06. The normalized spacial score (nSPS) is 11.9. The summed E-state index contributed by atoms with van der Waals surface area (Å²) in [5.41, 5.74) is 2.15. The van der Waals surface area contributed by atoms with Crippen LogP contribution in [0.4, 0.5) is 10.8 Å². The lowest BCUT2D eigenvalue weighted by Crippen LogP contribution is -2.14. The number of fused-ring (bicyclic) bond motifs is 1. The average molecular weight is 502 g/mol. The molecule has 0 aliphatic carbocycles. The van der Waals surface area contributed by atoms with E-state index in [2.05, 4.69) is 15.0 Å². The van der Waals surface area contributed by atoms with E-state index in [1.54, 1.807) is 18.2 Å². The predicted molar refractivity (Wildman–Crippen MR) is 129 cm³/mol. The molecular formula is C22H19N3O5S3. The number of aromatic nitrogens is 1. The van der Waals surface area contributed by atoms with Gasteiger partial charge in [-0.1, -0.05) is 29.0 Å². The fourth-order valence-corrected chi connectivity index (χ4v) is 5.66. The zero-order chi connectivity index (χ0) is 23.8. The highest BCUT2D eigenvalue weighted by atomic mass is 32.2. The van der Waals surface area contributed by atoms with Crippen LogP contribution in [0.15, 0.2) is 76.5 Å². The summed E-state index contributed by atoms with van der Waals surface area (Å²) >= 11 is 1.16. The molecule has 33 heavy (non-hydrogen) atoms. The number of rotatable bonds is 6. The topological polar surface area (TPSA) is 122 Å². The van der Waals surface area contributed by atoms with Gasteiger partial charge in [0.1, 0.15) is 0 Å². The van der Waals surface area contributed by atoms with Crippen molar-refractivity contribution in [2.75, 3.05) is 16.3 Å². The van der Waals surface area contributed by atoms with Crippen LogP contribution in [0, 0.1) is 6.92 Å². The number of benzene rings is 3. The maximum Gasteiger partial charge on any atom is 0.261 e. The number of amides is 1. The molecule has 4 aromatic rings. The average Bonchev–Trinajstić information content (AvgIpc) is 3.15. The molecule has 2 N–H and O–H groups in total. The van der Waals surface area contributed by atoms with Crippen molar-refractivity contribution in [1.29, 1.82) is 0 Å². The minimum atomic E-state index is -3.74. The lowest BCUT2D eigenvalue weighted by molar-refractivity contribution is 0.102. The third-order valence-corrected chi connectivity index (χ3v) is 8.18. The molecule has 0 saturated heterocycles. The van der Waals surface area contributed by atoms with Gasteiger partial charge in [0.2, 0.25) is 0 Å². The molecule has 0 aliphatic heterocycles. The Labute approximate surface area is 195 Å². The molecule has 0 radical (unpaired) electrons. The molecule has 170 valence electrons. The highest BCUT2D eigenvalue weighted by molar-refractivity contribution is 7.92. The van der Waals surface area contributed by atoms with Gasteiger partial charge in [-0.15, -0.1) is 0 Å². The van der Waals surface area contributed by atoms with Crippen molar-refractivity contribution in [1.82, 2.24) is 4.98 Å². The number of anilines is 2. The molecule has 0 spiro atoms. The first kappa shape index (κ1) is 22.9. The van der Waals surface area contributed by atoms with Crippen LogP contribution in [-0.2, 0) is 19.9 Å². The van der Waals surface area contributed by atoms with Crippen LogP contribution < -0.4 is 10.0 Å². The second-order valence-electron chi connectivity index (χ2n) is 7.37. The molecule has 0 bridgehead atoms. The van der Waals surface area contributed by atoms with E-state index >= 15 is 0 Å². The number of carbonyl (C=O) groups excluding carboxylic acids is 1. The highest BCUT2D eigenvalue weighted by Crippen LogP contribution is 2.28. The van der Waals surface area contributed by atoms with Crippen LogP contribution in [0.3, 0.4) is 0 Å². The molecule has 3 aromatic carbocycles. The molecule has 1 heterocycles. The largest absolute Gasteiger partial charge is 0.298 e. The first-order valence-corrected chi connectivity index (χ1v) is 13.8. The third-order valence-electron chi connectivity index (χ3n) is 4.74. The number of nitrogens with one attached hydrogen (secondary N) is 2. The number of hydrogen-bond donors (Lipinski definition) is 2. The first-order chi connectivity index (χ1) is 15.5. The summed E-state index contributed by atoms with van der Waals surface area (Å²) < 4.78 is 51.6. The molecule has 0 atom stereocenters. The van der Waals surface area contributed by atoms with Crippen LogP contribution in [0.1, 0.15) is 15.9 Å². The van der Waals surface area contributed by atoms with Crippen LogP contribution >= 0.6 is 11.3 Å². The Balaban J connectivity index is 1.48. The zero-order valence-electron chi connectivity index (χ0n) is 17.6. The van der Waals surface area contributed by atoms with Gasteiger partial charge in [0.25, 0.3) is 15.9 Å². The molecule has 8 nitrogen and oxygen atoms in total. The van der Waals surface area contributed by atoms with E-state index in [4.69, 9.17) is 0 Å². The second kappa shape index (κ2) is 8.58. The number of carbonyl (C=O) groups is 1. The Morgan fingerprint density at radius 2 is 1.52 bits per heavy atom. The van der Waals surface area contributed by atoms with E-state index < -0.39 is 25.8 Å². The van der Waals surface area contributed by atoms with Gasteiger partial charge < -0.3 is 0 Å². The molecule has 0 saturated carbocycles. The Hall–Kier alpha value is -3.28. The summed E-state index contributed by atoms with van der Waals surface area (Å²) in [5.74, 6) is -0.426. The Morgan fingerprint density at radius 3 is 2.15 bits per heavy atom. The second-order valence-corrected chi connectivity index (χ2v) is 12.1. The van der Waals surface area contributed by atoms with E-state index in [1.807, 2.05) is 6.92 Å². The van der Waals surface area contributed by atoms with Crippen molar-refractivity contribution < 1.29 is 21.6 Å². The van der Waals surface area contributed by atoms with Crippen molar-refractivity contribution in [3.63, 3.8) is 0 Å². The van der Waals surface area contributed by atoms with E-state index in [-0.39, 0.29) is 9.79 Å². The molecule has 11 heteroatoms. The van der Waals surface area contributed by atoms with Crippen molar-refractivity contribution in [2.45, 2.75) is 16.7 Å². The van der Waals surface area contributed by atoms with Gasteiger partial charge in [-0.05, 0) is 61.5 Å². The highest BCUT2D eigenvalue weighted by Gasteiger charge is 2.16. The van der Waals surface area contributed by atoms with Gasteiger partial charge >= 0.3 is 0 Å². The van der Waals surface area contributed by atoms with Crippen LogP contribution in [-0.4, -0.2) is 34.0 Å². The van der Waals surface area contributed by atoms with Gasteiger partial charge in [0.05, 0.1) is 20.0 Å². The van der Waals surface area contributed by atoms with Gasteiger partial charge in [0, 0.05) is 17.5 Å². The van der Waals surface area contributed by atoms with Crippen molar-refractivity contribution in [3.8, 4) is 0 Å². The van der Waals surface area contributed by atoms with E-state index in [0.29, 0.717) is 26.6 Å². The zero-order valence-corrected chi connectivity index (χ0v) is 20.0. The summed E-state index contributed by atoms with van der Waals surface area (Å²) in [6.07, 6.45) is 1.13. The Bertz CT molecular complexity index is 1560. The number of nitrogens with zero attached hydrogens (tertiary/aromatic N) is 1. The monoisotopic (exact) mass is 501 g/mol. The van der Waals surface area contributed by atoms with E-state index in [9.17, 15) is 21.6 Å². The van der Waals surface area contributed by atoms with Gasteiger partial charge in [-0.25, -0.2) is 21.8 Å². The smallest absolute Gasteiger partial charge is 0.261 e. The van der Waals surface area contributed by atoms with E-state index in [0.717, 1.165) is 23.2 Å². The molecular weight excluding hydrogens is 482 g/mol. The fraction of sp³-hybridized carbons (Fsp3) is 0.0909. The maximum absolute atomic E-state index is 12.6. The SMILES string of the molecule is Cc1ccc(S(=O)(=O)Nc2ccc(C(=O)Nc3nc4ccc(S(C)(=O)=O)cc4s3)cc2)cc1. The molecule has 0 unspecified atom stereocenters. The maximum atomic E-state index is 12.6. The fourth-order valence-electron chi connectivity index (χ4n) is 2.98. The molecule has 1 aromatic heterocycles. The number of hydrogen-bond acceptors (Lipinski definition) is 7. The lowest BCUT2D eigenvalue weighted by Gasteiger charge is -2.09. The van der Waals surface area contributed by atoms with Crippen molar-refractivity contribution in [3.05, 3.63) is 77.9 Å². The summed E-state index contributed by atoms with van der Waals surface area (Å²) in [7, 11) is -7.09. The van der Waals surface area contributed by atoms with E-state index in [1.165, 1.54) is 48.5 Å². The lowest BCUT2D eigenvalue weighted by atomic mass is 10.2. The molecule has 0 fully saturated rings. The van der Waals surface area contributed by atoms with Crippen LogP contribution in [0.5, 0.6) is 0 Å². The third kappa shape index (κ3) is 5.21. The molecule has 1 amide bonds. The summed E-state index contributed by atoms with van der Waals surface area (Å²) in [5, 5.41) is 3.01. The quantitative estimate of drug-likeness (QED) is 0.411. The molecule has 4 rings (SSSR count). The number of sulfonamides is 1. The number of thiazole rings is 1. The standard InChI is InChI=1S/C22H19N3O5S3/c1-14-3-9-17(10-4-14)33(29,30)25-16-7-5-15(6-8-16)21(26)24-22-23-19-12-11-18(32(2,27)28)13-20(19)31-22/h3-13,25H,1-2H3,(H,23,24,26). The molecule has 0 aliphatic rings. The Kier molecular flexibility index (Phi) is 5.95. The van der Waals surface area contributed by atoms with Crippen molar-refractivity contribution in [2.24, 2.45) is 0 Å². The number of aryl methyl sites for hydroxylation is 1. The summed E-state index contributed by atoms with van der Waals surface area (Å²) in [6, 6.07) is 17.0. The minimum absolute atomic E-state index is 0.143.